The molecule has 1 aromatic rings. The topological polar surface area (TPSA) is 29.1 Å². The van der Waals surface area contributed by atoms with Crippen molar-refractivity contribution >= 4 is 44.8 Å². The summed E-state index contributed by atoms with van der Waals surface area (Å²) in [4.78, 5) is 12.4. The average molecular weight is 295 g/mol. The van der Waals surface area contributed by atoms with Crippen molar-refractivity contribution in [3.05, 3.63) is 20.8 Å². The Balaban J connectivity index is 1.99. The van der Waals surface area contributed by atoms with Gasteiger partial charge in [0.05, 0.1) is 0 Å². The molecule has 5 heteroatoms. The largest absolute Gasteiger partial charge is 0.352 e. The molecule has 2 rings (SSSR count). The molecule has 1 unspecified atom stereocenters. The van der Waals surface area contributed by atoms with Gasteiger partial charge >= 0.3 is 0 Å². The molecule has 1 amide bonds. The van der Waals surface area contributed by atoms with Crippen molar-refractivity contribution in [2.24, 2.45) is 0 Å². The van der Waals surface area contributed by atoms with Gasteiger partial charge in [0.25, 0.3) is 0 Å². The summed E-state index contributed by atoms with van der Waals surface area (Å²) < 4.78 is 0.974. The number of halogens is 2. The van der Waals surface area contributed by atoms with Gasteiger partial charge in [0.2, 0.25) is 5.91 Å². The van der Waals surface area contributed by atoms with Crippen LogP contribution in [0.5, 0.6) is 0 Å². The molecule has 1 N–H and O–H groups in total. The summed E-state index contributed by atoms with van der Waals surface area (Å²) in [6, 6.07) is 2.25. The number of amides is 1. The molecule has 1 saturated carbocycles. The molecule has 1 aliphatic carbocycles. The molecule has 1 fully saturated rings. The van der Waals surface area contributed by atoms with Crippen LogP contribution in [0.3, 0.4) is 0 Å². The van der Waals surface area contributed by atoms with E-state index >= 15 is 0 Å². The van der Waals surface area contributed by atoms with Crippen LogP contribution in [0.15, 0.2) is 15.9 Å². The Bertz CT molecular complexity index is 350. The van der Waals surface area contributed by atoms with Gasteiger partial charge in [0.15, 0.2) is 0 Å². The molecule has 1 aromatic heterocycles. The van der Waals surface area contributed by atoms with Crippen LogP contribution in [0.2, 0.25) is 0 Å². The van der Waals surface area contributed by atoms with E-state index in [0.717, 1.165) is 22.2 Å². The van der Waals surface area contributed by atoms with E-state index in [-0.39, 0.29) is 5.91 Å². The molecular weight excluding hydrogens is 286 g/mol. The SMILES string of the molecule is O=C(NC1CC1)C(Cl)c1cc(Br)cs1. The van der Waals surface area contributed by atoms with E-state index in [4.69, 9.17) is 11.6 Å². The minimum Gasteiger partial charge on any atom is -0.352 e. The van der Waals surface area contributed by atoms with Crippen LogP contribution < -0.4 is 5.32 Å². The van der Waals surface area contributed by atoms with E-state index in [2.05, 4.69) is 21.2 Å². The first-order chi connectivity index (χ1) is 6.66. The number of carbonyl (C=O) groups is 1. The molecule has 1 heterocycles. The van der Waals surface area contributed by atoms with E-state index in [1.54, 1.807) is 0 Å². The van der Waals surface area contributed by atoms with Crippen molar-refractivity contribution < 1.29 is 4.79 Å². The van der Waals surface area contributed by atoms with Crippen LogP contribution in [0.4, 0.5) is 0 Å². The van der Waals surface area contributed by atoms with Crippen LogP contribution in [-0.4, -0.2) is 11.9 Å². The maximum absolute atomic E-state index is 11.6. The smallest absolute Gasteiger partial charge is 0.243 e. The second-order valence-corrected chi connectivity index (χ2v) is 5.61. The van der Waals surface area contributed by atoms with Crippen molar-refractivity contribution in [2.45, 2.75) is 24.3 Å². The summed E-state index contributed by atoms with van der Waals surface area (Å²) in [6.07, 6.45) is 2.17. The standard InChI is InChI=1S/C9H9BrClNOS/c10-5-3-7(14-4-5)8(11)9(13)12-6-1-2-6/h3-4,6,8H,1-2H2,(H,12,13). The highest BCUT2D eigenvalue weighted by Crippen LogP contribution is 2.30. The monoisotopic (exact) mass is 293 g/mol. The van der Waals surface area contributed by atoms with Crippen molar-refractivity contribution in [1.29, 1.82) is 0 Å². The van der Waals surface area contributed by atoms with E-state index in [1.807, 2.05) is 11.4 Å². The first-order valence-corrected chi connectivity index (χ1v) is 6.46. The molecule has 1 atom stereocenters. The lowest BCUT2D eigenvalue weighted by Gasteiger charge is -2.07. The van der Waals surface area contributed by atoms with Gasteiger partial charge in [-0.15, -0.1) is 22.9 Å². The van der Waals surface area contributed by atoms with Gasteiger partial charge in [0, 0.05) is 20.8 Å². The Morgan fingerprint density at radius 1 is 1.71 bits per heavy atom. The highest BCUT2D eigenvalue weighted by Gasteiger charge is 2.27. The molecule has 14 heavy (non-hydrogen) atoms. The minimum atomic E-state index is -0.549. The second kappa shape index (κ2) is 4.21. The van der Waals surface area contributed by atoms with Crippen LogP contribution in [0.25, 0.3) is 0 Å². The highest BCUT2D eigenvalue weighted by molar-refractivity contribution is 9.10. The third-order valence-electron chi connectivity index (χ3n) is 1.99. The lowest BCUT2D eigenvalue weighted by molar-refractivity contribution is -0.120. The fourth-order valence-electron chi connectivity index (χ4n) is 1.09. The molecule has 1 aliphatic rings. The van der Waals surface area contributed by atoms with Crippen LogP contribution >= 0.6 is 38.9 Å². The zero-order chi connectivity index (χ0) is 10.1. The number of thiophene rings is 1. The highest BCUT2D eigenvalue weighted by atomic mass is 79.9. The van der Waals surface area contributed by atoms with Crippen molar-refractivity contribution in [2.75, 3.05) is 0 Å². The molecule has 76 valence electrons. The second-order valence-electron chi connectivity index (χ2n) is 3.31. The fourth-order valence-corrected chi connectivity index (χ4v) is 2.79. The zero-order valence-corrected chi connectivity index (χ0v) is 10.5. The molecule has 0 spiro atoms. The van der Waals surface area contributed by atoms with Gasteiger partial charge in [-0.1, -0.05) is 0 Å². The average Bonchev–Trinajstić information content (AvgIpc) is 2.85. The molecule has 0 aromatic carbocycles. The minimum absolute atomic E-state index is 0.0801. The van der Waals surface area contributed by atoms with E-state index in [1.165, 1.54) is 11.3 Å². The summed E-state index contributed by atoms with van der Waals surface area (Å²) in [5.74, 6) is -0.0801. The summed E-state index contributed by atoms with van der Waals surface area (Å²) in [5.41, 5.74) is 0. The summed E-state index contributed by atoms with van der Waals surface area (Å²) in [7, 11) is 0. The summed E-state index contributed by atoms with van der Waals surface area (Å²) >= 11 is 10.8. The maximum Gasteiger partial charge on any atom is 0.243 e. The van der Waals surface area contributed by atoms with E-state index in [0.29, 0.717) is 6.04 Å². The number of hydrogen-bond acceptors (Lipinski definition) is 2. The number of carbonyl (C=O) groups excluding carboxylic acids is 1. The van der Waals surface area contributed by atoms with Crippen molar-refractivity contribution in [1.82, 2.24) is 5.32 Å². The van der Waals surface area contributed by atoms with Gasteiger partial charge < -0.3 is 5.32 Å². The van der Waals surface area contributed by atoms with Gasteiger partial charge in [-0.3, -0.25) is 4.79 Å². The number of rotatable bonds is 3. The molecule has 0 aliphatic heterocycles. The number of alkyl halides is 1. The first-order valence-electron chi connectivity index (χ1n) is 4.35. The fraction of sp³-hybridized carbons (Fsp3) is 0.444. The maximum atomic E-state index is 11.6. The lowest BCUT2D eigenvalue weighted by Crippen LogP contribution is -2.28. The van der Waals surface area contributed by atoms with Gasteiger partial charge in [-0.05, 0) is 34.8 Å². The predicted octanol–water partition coefficient (Wildman–Crippen LogP) is 3.07. The van der Waals surface area contributed by atoms with E-state index in [9.17, 15) is 4.79 Å². The Labute approximate surface area is 99.8 Å². The Morgan fingerprint density at radius 2 is 2.43 bits per heavy atom. The third-order valence-corrected chi connectivity index (χ3v) is 4.31. The number of hydrogen-bond donors (Lipinski definition) is 1. The third kappa shape index (κ3) is 2.49. The number of nitrogens with one attached hydrogen (secondary N) is 1. The normalized spacial score (nSPS) is 17.9. The molecule has 0 radical (unpaired) electrons. The van der Waals surface area contributed by atoms with Gasteiger partial charge in [-0.2, -0.15) is 0 Å². The van der Waals surface area contributed by atoms with Crippen molar-refractivity contribution in [3.8, 4) is 0 Å². The molecule has 2 nitrogen and oxygen atoms in total. The molecule has 0 bridgehead atoms. The molecule has 0 saturated heterocycles. The van der Waals surface area contributed by atoms with E-state index < -0.39 is 5.38 Å². The predicted molar refractivity (Wildman–Crippen MR) is 61.8 cm³/mol. The lowest BCUT2D eigenvalue weighted by atomic mass is 10.3. The summed E-state index contributed by atoms with van der Waals surface area (Å²) in [6.45, 7) is 0. The Kier molecular flexibility index (Phi) is 3.14. The summed E-state index contributed by atoms with van der Waals surface area (Å²) in [5, 5.41) is 4.26. The Morgan fingerprint density at radius 3 is 2.93 bits per heavy atom. The van der Waals surface area contributed by atoms with Crippen LogP contribution in [0.1, 0.15) is 23.1 Å². The van der Waals surface area contributed by atoms with Gasteiger partial charge in [0.1, 0.15) is 5.38 Å². The van der Waals surface area contributed by atoms with Crippen molar-refractivity contribution in [3.63, 3.8) is 0 Å². The van der Waals surface area contributed by atoms with Crippen LogP contribution in [-0.2, 0) is 4.79 Å². The zero-order valence-electron chi connectivity index (χ0n) is 7.30. The van der Waals surface area contributed by atoms with Gasteiger partial charge in [-0.25, -0.2) is 0 Å². The first kappa shape index (κ1) is 10.5. The quantitative estimate of drug-likeness (QED) is 0.853. The molecular formula is C9H9BrClNOS. The Hall–Kier alpha value is -0.0600. The van der Waals surface area contributed by atoms with Crippen LogP contribution in [0, 0.1) is 0 Å².